The van der Waals surface area contributed by atoms with E-state index >= 15 is 0 Å². The van der Waals surface area contributed by atoms with Crippen molar-refractivity contribution in [1.29, 1.82) is 0 Å². The molecule has 2 aliphatic rings. The molecule has 22 heavy (non-hydrogen) atoms. The van der Waals surface area contributed by atoms with E-state index in [9.17, 15) is 19.8 Å². The summed E-state index contributed by atoms with van der Waals surface area (Å²) < 4.78 is 0. The quantitative estimate of drug-likeness (QED) is 0.615. The topological polar surface area (TPSA) is 77.8 Å². The molecule has 0 bridgehead atoms. The second-order valence-corrected chi connectivity index (χ2v) is 6.98. The number of aliphatic hydroxyl groups excluding tert-OH is 1. The molecule has 1 aromatic rings. The third-order valence-electron chi connectivity index (χ3n) is 3.87. The van der Waals surface area contributed by atoms with E-state index in [1.807, 2.05) is 24.3 Å². The van der Waals surface area contributed by atoms with Crippen LogP contribution < -0.4 is 0 Å². The lowest BCUT2D eigenvalue weighted by molar-refractivity contribution is -0.156. The highest BCUT2D eigenvalue weighted by atomic mass is 79.9. The zero-order chi connectivity index (χ0) is 16.0. The fraction of sp³-hybridized carbons (Fsp3) is 0.333. The van der Waals surface area contributed by atoms with Crippen LogP contribution >= 0.6 is 27.7 Å². The number of halogens is 1. The Labute approximate surface area is 140 Å². The molecule has 7 heteroatoms. The molecule has 2 N–H and O–H groups in total. The maximum Gasteiger partial charge on any atom is 0.353 e. The molecule has 116 valence electrons. The van der Waals surface area contributed by atoms with E-state index in [0.717, 1.165) is 16.5 Å². The van der Waals surface area contributed by atoms with Crippen LogP contribution in [0.15, 0.2) is 30.0 Å². The molecule has 0 unspecified atom stereocenters. The average molecular weight is 384 g/mol. The Balaban J connectivity index is 1.99. The molecule has 1 saturated heterocycles. The predicted octanol–water partition coefficient (Wildman–Crippen LogP) is 2.25. The van der Waals surface area contributed by atoms with E-state index in [4.69, 9.17) is 0 Å². The fourth-order valence-corrected chi connectivity index (χ4v) is 4.72. The SMILES string of the molecule is C[C@@H](O)[C@H]1C(=O)N2C(C(=O)O)=C(c3ccc(CBr)cc3)S[C@H]12. The second kappa shape index (κ2) is 5.72. The van der Waals surface area contributed by atoms with Gasteiger partial charge in [0.2, 0.25) is 5.91 Å². The number of fused-ring (bicyclic) bond motifs is 1. The number of amides is 1. The fourth-order valence-electron chi connectivity index (χ4n) is 2.73. The summed E-state index contributed by atoms with van der Waals surface area (Å²) in [7, 11) is 0. The Morgan fingerprint density at radius 3 is 2.55 bits per heavy atom. The zero-order valence-electron chi connectivity index (χ0n) is 11.7. The van der Waals surface area contributed by atoms with Gasteiger partial charge in [0.1, 0.15) is 11.1 Å². The maximum atomic E-state index is 12.1. The van der Waals surface area contributed by atoms with Gasteiger partial charge in [-0.3, -0.25) is 9.69 Å². The molecule has 2 heterocycles. The van der Waals surface area contributed by atoms with Crippen molar-refractivity contribution < 1.29 is 19.8 Å². The van der Waals surface area contributed by atoms with Crippen molar-refractivity contribution in [3.05, 3.63) is 41.1 Å². The third kappa shape index (κ3) is 2.28. The number of aliphatic carboxylic acids is 1. The third-order valence-corrected chi connectivity index (χ3v) is 5.93. The standard InChI is InChI=1S/C15H14BrNO4S/c1-7(18)10-13(19)17-11(15(20)21)12(22-14(10)17)9-4-2-8(6-16)3-5-9/h2-5,7,10,14,18H,6H2,1H3,(H,20,21)/t7-,10+,14-/m1/s1. The summed E-state index contributed by atoms with van der Waals surface area (Å²) in [6, 6.07) is 7.55. The van der Waals surface area contributed by atoms with Crippen molar-refractivity contribution in [3.8, 4) is 0 Å². The monoisotopic (exact) mass is 383 g/mol. The molecule has 1 fully saturated rings. The molecule has 0 aromatic heterocycles. The Bertz CT molecular complexity index is 671. The van der Waals surface area contributed by atoms with Crippen LogP contribution in [0.4, 0.5) is 0 Å². The van der Waals surface area contributed by atoms with Gasteiger partial charge in [-0.05, 0) is 18.1 Å². The van der Waals surface area contributed by atoms with E-state index < -0.39 is 18.0 Å². The maximum absolute atomic E-state index is 12.1. The van der Waals surface area contributed by atoms with E-state index in [2.05, 4.69) is 15.9 Å². The van der Waals surface area contributed by atoms with Crippen molar-refractivity contribution in [2.24, 2.45) is 5.92 Å². The molecule has 0 radical (unpaired) electrons. The van der Waals surface area contributed by atoms with E-state index in [0.29, 0.717) is 4.91 Å². The van der Waals surface area contributed by atoms with Gasteiger partial charge in [-0.15, -0.1) is 0 Å². The first kappa shape index (κ1) is 15.6. The van der Waals surface area contributed by atoms with Crippen LogP contribution in [0.2, 0.25) is 0 Å². The summed E-state index contributed by atoms with van der Waals surface area (Å²) >= 11 is 4.71. The zero-order valence-corrected chi connectivity index (χ0v) is 14.1. The van der Waals surface area contributed by atoms with Crippen molar-refractivity contribution in [2.75, 3.05) is 0 Å². The highest BCUT2D eigenvalue weighted by molar-refractivity contribution is 9.08. The predicted molar refractivity (Wildman–Crippen MR) is 87.0 cm³/mol. The summed E-state index contributed by atoms with van der Waals surface area (Å²) in [6.07, 6.45) is -0.786. The van der Waals surface area contributed by atoms with Crippen molar-refractivity contribution in [2.45, 2.75) is 23.7 Å². The first-order valence-electron chi connectivity index (χ1n) is 6.76. The van der Waals surface area contributed by atoms with E-state index in [1.54, 1.807) is 6.92 Å². The van der Waals surface area contributed by atoms with Crippen LogP contribution in [0.3, 0.4) is 0 Å². The second-order valence-electron chi connectivity index (χ2n) is 5.30. The molecular weight excluding hydrogens is 370 g/mol. The molecule has 1 aromatic carbocycles. The van der Waals surface area contributed by atoms with Crippen molar-refractivity contribution in [1.82, 2.24) is 4.90 Å². The minimum absolute atomic E-state index is 0.0171. The number of carbonyl (C=O) groups excluding carboxylic acids is 1. The number of aliphatic hydroxyl groups is 1. The van der Waals surface area contributed by atoms with Gasteiger partial charge < -0.3 is 10.2 Å². The molecule has 3 rings (SSSR count). The van der Waals surface area contributed by atoms with Crippen molar-refractivity contribution >= 4 is 44.5 Å². The minimum atomic E-state index is -1.12. The highest BCUT2D eigenvalue weighted by Crippen LogP contribution is 2.53. The molecule has 3 atom stereocenters. The summed E-state index contributed by atoms with van der Waals surface area (Å²) in [5, 5.41) is 19.6. The molecular formula is C15H14BrNO4S. The first-order valence-corrected chi connectivity index (χ1v) is 8.76. The van der Waals surface area contributed by atoms with Gasteiger partial charge in [-0.25, -0.2) is 4.79 Å². The van der Waals surface area contributed by atoms with Crippen LogP contribution in [-0.4, -0.2) is 38.5 Å². The molecule has 0 saturated carbocycles. The van der Waals surface area contributed by atoms with Gasteiger partial charge in [0, 0.05) is 10.2 Å². The Morgan fingerprint density at radius 1 is 1.41 bits per heavy atom. The number of β-lactam (4-membered cyclic amide) rings is 1. The number of alkyl halides is 1. The number of carboxylic acid groups (broad SMARTS) is 1. The minimum Gasteiger partial charge on any atom is -0.477 e. The molecule has 2 aliphatic heterocycles. The Morgan fingerprint density at radius 2 is 2.05 bits per heavy atom. The summed E-state index contributed by atoms with van der Waals surface area (Å²) in [6.45, 7) is 1.56. The number of carbonyl (C=O) groups is 2. The molecule has 5 nitrogen and oxygen atoms in total. The molecule has 0 aliphatic carbocycles. The van der Waals surface area contributed by atoms with Crippen LogP contribution in [-0.2, 0) is 14.9 Å². The van der Waals surface area contributed by atoms with Crippen LogP contribution in [0.5, 0.6) is 0 Å². The van der Waals surface area contributed by atoms with Gasteiger partial charge in [-0.1, -0.05) is 52.0 Å². The van der Waals surface area contributed by atoms with E-state index in [1.165, 1.54) is 16.7 Å². The van der Waals surface area contributed by atoms with Crippen LogP contribution in [0, 0.1) is 5.92 Å². The normalized spacial score (nSPS) is 25.0. The smallest absolute Gasteiger partial charge is 0.353 e. The summed E-state index contributed by atoms with van der Waals surface area (Å²) in [4.78, 5) is 25.6. The number of thioether (sulfide) groups is 1. The van der Waals surface area contributed by atoms with Gasteiger partial charge >= 0.3 is 5.97 Å². The largest absolute Gasteiger partial charge is 0.477 e. The number of carboxylic acids is 1. The number of nitrogens with zero attached hydrogens (tertiary/aromatic N) is 1. The highest BCUT2D eigenvalue weighted by Gasteiger charge is 2.57. The van der Waals surface area contributed by atoms with Gasteiger partial charge in [0.25, 0.3) is 0 Å². The number of rotatable bonds is 4. The van der Waals surface area contributed by atoms with Crippen molar-refractivity contribution in [3.63, 3.8) is 0 Å². The van der Waals surface area contributed by atoms with Gasteiger partial charge in [-0.2, -0.15) is 0 Å². The van der Waals surface area contributed by atoms with Gasteiger partial charge in [0.15, 0.2) is 0 Å². The van der Waals surface area contributed by atoms with Crippen LogP contribution in [0.1, 0.15) is 18.1 Å². The summed E-state index contributed by atoms with van der Waals surface area (Å²) in [5.74, 6) is -1.98. The lowest BCUT2D eigenvalue weighted by Crippen LogP contribution is -2.60. The first-order chi connectivity index (χ1) is 10.5. The van der Waals surface area contributed by atoms with Crippen LogP contribution in [0.25, 0.3) is 4.91 Å². The van der Waals surface area contributed by atoms with E-state index in [-0.39, 0.29) is 17.0 Å². The van der Waals surface area contributed by atoms with Gasteiger partial charge in [0.05, 0.1) is 12.0 Å². The number of hydrogen-bond acceptors (Lipinski definition) is 4. The Hall–Kier alpha value is -1.31. The lowest BCUT2D eigenvalue weighted by atomic mass is 9.92. The molecule has 1 amide bonds. The number of hydrogen-bond donors (Lipinski definition) is 2. The Kier molecular flexibility index (Phi) is 4.05. The summed E-state index contributed by atoms with van der Waals surface area (Å²) in [5.41, 5.74) is 1.88. The average Bonchev–Trinajstić information content (AvgIpc) is 2.82. The lowest BCUT2D eigenvalue weighted by Gasteiger charge is -2.43. The molecule has 0 spiro atoms. The number of benzene rings is 1.